The van der Waals surface area contributed by atoms with Gasteiger partial charge >= 0.3 is 18.0 Å². The van der Waals surface area contributed by atoms with E-state index < -0.39 is 61.3 Å². The molecule has 0 radical (unpaired) electrons. The van der Waals surface area contributed by atoms with Gasteiger partial charge in [-0.1, -0.05) is 36.4 Å². The number of hydrogen-bond acceptors (Lipinski definition) is 7. The Bertz CT molecular complexity index is 1410. The molecule has 0 atom stereocenters. The molecule has 4 rings (SSSR count). The van der Waals surface area contributed by atoms with Gasteiger partial charge in [0.25, 0.3) is 0 Å². The fraction of sp³-hybridized carbons (Fsp3) is 0.545. The van der Waals surface area contributed by atoms with Crippen LogP contribution in [0.3, 0.4) is 0 Å². The van der Waals surface area contributed by atoms with Crippen molar-refractivity contribution in [1.29, 1.82) is 0 Å². The van der Waals surface area contributed by atoms with Crippen molar-refractivity contribution in [2.75, 3.05) is 39.3 Å². The minimum atomic E-state index is -2.81. The number of halogens is 2. The fourth-order valence-corrected chi connectivity index (χ4v) is 4.08. The topological polar surface area (TPSA) is 94.2 Å². The molecule has 2 saturated heterocycles. The van der Waals surface area contributed by atoms with Crippen LogP contribution in [0.4, 0.5) is 4.79 Å². The van der Waals surface area contributed by atoms with Crippen LogP contribution in [0.2, 0.25) is 0 Å². The number of nitrogens with zero attached hydrogens (tertiary/aromatic N) is 1. The third-order valence-corrected chi connectivity index (χ3v) is 6.32. The lowest BCUT2D eigenvalue weighted by molar-refractivity contribution is 0.0169. The third-order valence-electron chi connectivity index (χ3n) is 6.32. The minimum absolute atomic E-state index is 0. The molecule has 0 aromatic heterocycles. The molecule has 2 aliphatic heterocycles. The van der Waals surface area contributed by atoms with Crippen LogP contribution in [-0.2, 0) is 14.2 Å². The molecule has 0 unspecified atom stereocenters. The van der Waals surface area contributed by atoms with Gasteiger partial charge in [-0.3, -0.25) is 0 Å². The normalized spacial score (nSPS) is 19.6. The number of rotatable bonds is 8. The Morgan fingerprint density at radius 1 is 0.767 bits per heavy atom. The number of nitrogens with one attached hydrogen (secondary N) is 1. The van der Waals surface area contributed by atoms with Gasteiger partial charge in [0.2, 0.25) is 0 Å². The van der Waals surface area contributed by atoms with E-state index in [2.05, 4.69) is 5.32 Å². The van der Waals surface area contributed by atoms with Crippen LogP contribution in [0, 0.1) is 11.8 Å². The maximum atomic E-state index is 12.2. The summed E-state index contributed by atoms with van der Waals surface area (Å²) >= 11 is 0. The Morgan fingerprint density at radius 2 is 1.19 bits per heavy atom. The summed E-state index contributed by atoms with van der Waals surface area (Å²) in [6, 6.07) is 16.0. The summed E-state index contributed by atoms with van der Waals surface area (Å²) in [6.07, 6.45) is -3.56. The molecule has 2 aromatic carbocycles. The fourth-order valence-electron chi connectivity index (χ4n) is 4.08. The molecule has 0 saturated carbocycles. The van der Waals surface area contributed by atoms with E-state index in [1.165, 1.54) is 29.2 Å². The van der Waals surface area contributed by atoms with Gasteiger partial charge in [0, 0.05) is 18.6 Å². The Balaban J connectivity index is 0.000000509. The molecule has 0 aliphatic carbocycles. The van der Waals surface area contributed by atoms with Gasteiger partial charge in [0.05, 0.1) is 29.7 Å². The predicted molar refractivity (Wildman–Crippen MR) is 173 cm³/mol. The van der Waals surface area contributed by atoms with Crippen LogP contribution in [0.5, 0.6) is 0 Å². The average Bonchev–Trinajstić information content (AvgIpc) is 3.05. The summed E-state index contributed by atoms with van der Waals surface area (Å²) in [5.74, 6) is -2.94. The first kappa shape index (κ1) is 26.6. The van der Waals surface area contributed by atoms with E-state index in [9.17, 15) is 14.4 Å². The van der Waals surface area contributed by atoms with Crippen molar-refractivity contribution in [2.24, 2.45) is 11.8 Å². The Morgan fingerprint density at radius 3 is 1.60 bits per heavy atom. The van der Waals surface area contributed by atoms with E-state index in [4.69, 9.17) is 25.2 Å². The van der Waals surface area contributed by atoms with E-state index in [-0.39, 0.29) is 61.9 Å². The number of amides is 1. The van der Waals surface area contributed by atoms with Gasteiger partial charge in [0.1, 0.15) is 5.60 Å². The molecule has 2 aliphatic rings. The average molecular weight is 648 g/mol. The summed E-state index contributed by atoms with van der Waals surface area (Å²) in [7, 11) is 0. The highest BCUT2D eigenvalue weighted by molar-refractivity contribution is 5.89. The summed E-state index contributed by atoms with van der Waals surface area (Å²) in [5, 5.41) is 3.11. The molecule has 8 nitrogen and oxygen atoms in total. The molecule has 1 N–H and O–H groups in total. The lowest BCUT2D eigenvalue weighted by Crippen LogP contribution is -2.41. The van der Waals surface area contributed by atoms with Gasteiger partial charge in [-0.15, -0.1) is 24.8 Å². The van der Waals surface area contributed by atoms with Gasteiger partial charge in [-0.2, -0.15) is 0 Å². The predicted octanol–water partition coefficient (Wildman–Crippen LogP) is 6.96. The van der Waals surface area contributed by atoms with Crippen LogP contribution >= 0.6 is 24.8 Å². The number of likely N-dealkylation sites (tertiary alicyclic amines) is 1. The highest BCUT2D eigenvalue weighted by Crippen LogP contribution is 2.22. The first-order chi connectivity index (χ1) is 22.7. The molecule has 2 fully saturated rings. The zero-order valence-electron chi connectivity index (χ0n) is 32.8. The second-order valence-electron chi connectivity index (χ2n) is 10.8. The summed E-state index contributed by atoms with van der Waals surface area (Å²) < 4.78 is 79.6. The van der Waals surface area contributed by atoms with Crippen molar-refractivity contribution < 1.29 is 39.6 Å². The second-order valence-corrected chi connectivity index (χ2v) is 10.8. The van der Waals surface area contributed by atoms with Crippen molar-refractivity contribution in [3.63, 3.8) is 0 Å². The molecular formula is C33H48Cl2N2O6. The number of benzene rings is 2. The lowest BCUT2D eigenvalue weighted by atomic mass is 9.94. The van der Waals surface area contributed by atoms with Crippen molar-refractivity contribution in [2.45, 2.75) is 64.8 Å². The largest absolute Gasteiger partial charge is 0.462 e. The number of carbonyl (C=O) groups excluding carboxylic acids is 3. The summed E-state index contributed by atoms with van der Waals surface area (Å²) in [4.78, 5) is 37.7. The minimum Gasteiger partial charge on any atom is -0.462 e. The van der Waals surface area contributed by atoms with Crippen molar-refractivity contribution in [3.05, 3.63) is 71.8 Å². The number of ether oxygens (including phenoxy) is 3. The van der Waals surface area contributed by atoms with Gasteiger partial charge in [-0.25, -0.2) is 14.4 Å². The molecule has 0 spiro atoms. The molecule has 2 heterocycles. The quantitative estimate of drug-likeness (QED) is 0.245. The van der Waals surface area contributed by atoms with Gasteiger partial charge in [0.15, 0.2) is 0 Å². The number of hydrogen-bond donors (Lipinski definition) is 1. The van der Waals surface area contributed by atoms with E-state index in [1.807, 2.05) is 0 Å². The number of esters is 2. The Kier molecular flexibility index (Phi) is 12.5. The van der Waals surface area contributed by atoms with E-state index in [1.54, 1.807) is 57.2 Å². The maximum Gasteiger partial charge on any atom is 0.410 e. The Labute approximate surface area is 280 Å². The van der Waals surface area contributed by atoms with Gasteiger partial charge in [-0.05, 0) is 108 Å². The van der Waals surface area contributed by atoms with Gasteiger partial charge < -0.3 is 24.4 Å². The number of piperidine rings is 2. The third kappa shape index (κ3) is 15.0. The lowest BCUT2D eigenvalue weighted by Gasteiger charge is -2.33. The summed E-state index contributed by atoms with van der Waals surface area (Å²) in [6.45, 7) is 1.63. The Hall–Kier alpha value is -2.81. The molecule has 2 aromatic rings. The molecule has 240 valence electrons. The second kappa shape index (κ2) is 20.2. The summed E-state index contributed by atoms with van der Waals surface area (Å²) in [5.41, 5.74) is -0.254. The molecule has 1 amide bonds. The van der Waals surface area contributed by atoms with Crippen molar-refractivity contribution in [1.82, 2.24) is 10.2 Å². The standard InChI is InChI=1S/C19H27NO4.C14H19NO2.2ClH/c1-19(2,3)24-18(22)20-12-9-15(10-13-20)11-14-23-17(21)16-7-5-4-6-8-16;16-14(13-4-2-1-3-5-13)17-11-8-12-6-9-15-10-7-12;;/h4-8,15H,9-14H2,1-3H3;1-5,12,15H,6-11H2;2*1H/i11D2,14D2;8D2,11D2;;. The van der Waals surface area contributed by atoms with Crippen LogP contribution in [0.25, 0.3) is 0 Å². The van der Waals surface area contributed by atoms with Crippen molar-refractivity contribution in [3.8, 4) is 0 Å². The zero-order chi connectivity index (χ0) is 36.7. The van der Waals surface area contributed by atoms with E-state index in [0.29, 0.717) is 25.9 Å². The van der Waals surface area contributed by atoms with E-state index in [0.717, 1.165) is 0 Å². The SMILES string of the molecule is Cl.Cl.[2H]C([2H])(OC(=O)c1ccccc1)C([2H])([2H])C1CCN(C(=O)OC(C)(C)C)CC1.[2H]C([2H])(OC(=O)c1ccccc1)C([2H])([2H])C1CCNCC1. The molecule has 0 bridgehead atoms. The zero-order valence-corrected chi connectivity index (χ0v) is 26.4. The van der Waals surface area contributed by atoms with Crippen LogP contribution in [0.1, 0.15) is 90.9 Å². The smallest absolute Gasteiger partial charge is 0.410 e. The maximum absolute atomic E-state index is 12.2. The number of carbonyl (C=O) groups is 3. The van der Waals surface area contributed by atoms with E-state index >= 15 is 0 Å². The van der Waals surface area contributed by atoms with Crippen LogP contribution < -0.4 is 5.32 Å². The molecule has 43 heavy (non-hydrogen) atoms. The first-order valence-corrected chi connectivity index (χ1v) is 13.9. The van der Waals surface area contributed by atoms with Crippen LogP contribution in [-0.4, -0.2) is 67.8 Å². The van der Waals surface area contributed by atoms with Crippen LogP contribution in [0.15, 0.2) is 60.7 Å². The highest BCUT2D eigenvalue weighted by Gasteiger charge is 2.27. The van der Waals surface area contributed by atoms with Crippen molar-refractivity contribution >= 4 is 42.8 Å². The molecule has 10 heteroatoms. The highest BCUT2D eigenvalue weighted by atomic mass is 35.5. The monoisotopic (exact) mass is 646 g/mol. The molecular weight excluding hydrogens is 591 g/mol. The first-order valence-electron chi connectivity index (χ1n) is 17.9.